The van der Waals surface area contributed by atoms with Crippen molar-refractivity contribution in [1.82, 2.24) is 15.1 Å². The molecule has 0 aromatic heterocycles. The number of carboxylic acids is 1. The Morgan fingerprint density at radius 3 is 2.40 bits per heavy atom. The molecule has 5 rings (SSSR count). The fourth-order valence-corrected chi connectivity index (χ4v) is 7.10. The van der Waals surface area contributed by atoms with Crippen LogP contribution in [-0.2, 0) is 16.1 Å². The standard InChI is InChI=1S/C32H40F3N3O4/c33-25-8-4-7-23(16-25)27-20-38(30(31(39)40)22-5-2-1-3-6-22)19-24(27)18-37-13-11-26(12-14-37)42-32(41)36-17-21-9-10-28(34)29(35)15-21/h4,7-10,15-16,22,24,26-27,30H,1-3,5-6,11-14,17-20H2,(H,36,41)(H,39,40)/t24-,27+,30+/m0/s1. The number of hydrogen-bond acceptors (Lipinski definition) is 5. The number of halogens is 3. The summed E-state index contributed by atoms with van der Waals surface area (Å²) in [5, 5.41) is 12.8. The normalized spacial score (nSPS) is 23.5. The first-order valence-electron chi connectivity index (χ1n) is 15.1. The van der Waals surface area contributed by atoms with Crippen LogP contribution in [-0.4, -0.2) is 71.8 Å². The smallest absolute Gasteiger partial charge is 0.407 e. The van der Waals surface area contributed by atoms with Crippen molar-refractivity contribution >= 4 is 12.1 Å². The van der Waals surface area contributed by atoms with Crippen molar-refractivity contribution in [1.29, 1.82) is 0 Å². The van der Waals surface area contributed by atoms with Crippen LogP contribution in [0.1, 0.15) is 62.0 Å². The molecule has 1 amide bonds. The zero-order chi connectivity index (χ0) is 29.6. The number of ether oxygens (including phenoxy) is 1. The van der Waals surface area contributed by atoms with Gasteiger partial charge in [-0.05, 0) is 72.9 Å². The number of nitrogens with zero attached hydrogens (tertiary/aromatic N) is 2. The molecule has 0 radical (unpaired) electrons. The van der Waals surface area contributed by atoms with Gasteiger partial charge >= 0.3 is 12.1 Å². The Bertz CT molecular complexity index is 1230. The van der Waals surface area contributed by atoms with Crippen LogP contribution in [0.25, 0.3) is 0 Å². The lowest BCUT2D eigenvalue weighted by Gasteiger charge is -2.35. The van der Waals surface area contributed by atoms with E-state index in [1.54, 1.807) is 12.1 Å². The van der Waals surface area contributed by atoms with Crippen molar-refractivity contribution in [2.75, 3.05) is 32.7 Å². The van der Waals surface area contributed by atoms with Gasteiger partial charge in [-0.1, -0.05) is 37.5 Å². The molecule has 2 aromatic carbocycles. The number of nitrogens with one attached hydrogen (secondary N) is 1. The fraction of sp³-hybridized carbons (Fsp3) is 0.562. The van der Waals surface area contributed by atoms with Gasteiger partial charge in [0.05, 0.1) is 0 Å². The summed E-state index contributed by atoms with van der Waals surface area (Å²) in [6.45, 7) is 3.48. The second-order valence-electron chi connectivity index (χ2n) is 12.1. The Balaban J connectivity index is 1.17. The van der Waals surface area contributed by atoms with E-state index in [1.807, 2.05) is 6.07 Å². The summed E-state index contributed by atoms with van der Waals surface area (Å²) in [6, 6.07) is 9.64. The number of carbonyl (C=O) groups excluding carboxylic acids is 1. The lowest BCUT2D eigenvalue weighted by molar-refractivity contribution is -0.145. The molecule has 228 valence electrons. The predicted octanol–water partition coefficient (Wildman–Crippen LogP) is 5.54. The highest BCUT2D eigenvalue weighted by atomic mass is 19.2. The van der Waals surface area contributed by atoms with Crippen LogP contribution >= 0.6 is 0 Å². The van der Waals surface area contributed by atoms with Gasteiger partial charge < -0.3 is 20.1 Å². The van der Waals surface area contributed by atoms with Crippen molar-refractivity contribution in [3.8, 4) is 0 Å². The molecule has 0 bridgehead atoms. The van der Waals surface area contributed by atoms with E-state index in [4.69, 9.17) is 4.74 Å². The van der Waals surface area contributed by atoms with Crippen molar-refractivity contribution in [3.63, 3.8) is 0 Å². The van der Waals surface area contributed by atoms with Gasteiger partial charge in [0.2, 0.25) is 0 Å². The SMILES string of the molecule is O=C(NCc1ccc(F)c(F)c1)OC1CCN(C[C@H]2CN([C@@H](C(=O)O)C3CCCCC3)C[C@@H]2c2cccc(F)c2)CC1. The minimum atomic E-state index is -0.965. The first-order chi connectivity index (χ1) is 20.3. The number of benzene rings is 2. The summed E-state index contributed by atoms with van der Waals surface area (Å²) in [7, 11) is 0. The second kappa shape index (κ2) is 13.9. The van der Waals surface area contributed by atoms with E-state index in [1.165, 1.54) is 12.1 Å². The summed E-state index contributed by atoms with van der Waals surface area (Å²) in [5.41, 5.74) is 1.35. The minimum absolute atomic E-state index is 0.0298. The Kier molecular flexibility index (Phi) is 10.1. The average Bonchev–Trinajstić information content (AvgIpc) is 3.38. The summed E-state index contributed by atoms with van der Waals surface area (Å²) in [5.74, 6) is -2.63. The van der Waals surface area contributed by atoms with E-state index in [2.05, 4.69) is 15.1 Å². The fourth-order valence-electron chi connectivity index (χ4n) is 7.10. The van der Waals surface area contributed by atoms with Crippen molar-refractivity contribution < 1.29 is 32.6 Å². The van der Waals surface area contributed by atoms with Crippen molar-refractivity contribution in [2.24, 2.45) is 11.8 Å². The number of amides is 1. The molecule has 2 aliphatic heterocycles. The van der Waals surface area contributed by atoms with Crippen LogP contribution < -0.4 is 5.32 Å². The summed E-state index contributed by atoms with van der Waals surface area (Å²) < 4.78 is 46.3. The van der Waals surface area contributed by atoms with Gasteiger partial charge in [-0.2, -0.15) is 0 Å². The molecule has 7 nitrogen and oxygen atoms in total. The van der Waals surface area contributed by atoms with Gasteiger partial charge in [0.25, 0.3) is 0 Å². The first kappa shape index (κ1) is 30.4. The Morgan fingerprint density at radius 1 is 0.952 bits per heavy atom. The van der Waals surface area contributed by atoms with Crippen molar-refractivity contribution in [3.05, 3.63) is 71.0 Å². The molecule has 1 aliphatic carbocycles. The maximum Gasteiger partial charge on any atom is 0.407 e. The number of rotatable bonds is 9. The summed E-state index contributed by atoms with van der Waals surface area (Å²) >= 11 is 0. The van der Waals surface area contributed by atoms with Gasteiger partial charge in [0.15, 0.2) is 11.6 Å². The minimum Gasteiger partial charge on any atom is -0.480 e. The van der Waals surface area contributed by atoms with Crippen LogP contribution in [0.15, 0.2) is 42.5 Å². The van der Waals surface area contributed by atoms with Crippen molar-refractivity contribution in [2.45, 2.75) is 69.6 Å². The number of likely N-dealkylation sites (tertiary alicyclic amines) is 2. The Labute approximate surface area is 245 Å². The van der Waals surface area contributed by atoms with E-state index in [0.717, 1.165) is 69.4 Å². The number of hydrogen-bond donors (Lipinski definition) is 2. The molecule has 0 spiro atoms. The molecule has 42 heavy (non-hydrogen) atoms. The molecule has 3 fully saturated rings. The van der Waals surface area contributed by atoms with Crippen LogP contribution in [0, 0.1) is 29.3 Å². The Morgan fingerprint density at radius 2 is 1.71 bits per heavy atom. The second-order valence-corrected chi connectivity index (χ2v) is 12.1. The zero-order valence-electron chi connectivity index (χ0n) is 23.8. The molecule has 3 aliphatic rings. The molecule has 1 saturated carbocycles. The molecule has 2 aromatic rings. The molecule has 2 saturated heterocycles. The third-order valence-electron chi connectivity index (χ3n) is 9.21. The molecule has 2 N–H and O–H groups in total. The number of aliphatic carboxylic acids is 1. The molecule has 0 unspecified atom stereocenters. The molecule has 2 heterocycles. The highest BCUT2D eigenvalue weighted by molar-refractivity contribution is 5.74. The largest absolute Gasteiger partial charge is 0.480 e. The summed E-state index contributed by atoms with van der Waals surface area (Å²) in [6.07, 6.45) is 5.62. The quantitative estimate of drug-likeness (QED) is 0.401. The highest BCUT2D eigenvalue weighted by Gasteiger charge is 2.43. The van der Waals surface area contributed by atoms with Crippen LogP contribution in [0.4, 0.5) is 18.0 Å². The lowest BCUT2D eigenvalue weighted by Crippen LogP contribution is -2.46. The number of alkyl carbamates (subject to hydrolysis) is 1. The van der Waals surface area contributed by atoms with E-state index in [9.17, 15) is 27.9 Å². The van der Waals surface area contributed by atoms with Gasteiger partial charge in [-0.3, -0.25) is 9.69 Å². The van der Waals surface area contributed by atoms with Crippen LogP contribution in [0.5, 0.6) is 0 Å². The Hall–Kier alpha value is -3.11. The van der Waals surface area contributed by atoms with E-state index in [0.29, 0.717) is 31.5 Å². The number of carboxylic acid groups (broad SMARTS) is 1. The maximum absolute atomic E-state index is 14.2. The third kappa shape index (κ3) is 7.64. The van der Waals surface area contributed by atoms with E-state index >= 15 is 0 Å². The average molecular weight is 588 g/mol. The monoisotopic (exact) mass is 587 g/mol. The predicted molar refractivity (Wildman–Crippen MR) is 151 cm³/mol. The molecular weight excluding hydrogens is 547 g/mol. The molecular formula is C32H40F3N3O4. The number of piperidine rings is 1. The van der Waals surface area contributed by atoms with Gasteiger partial charge in [-0.15, -0.1) is 0 Å². The lowest BCUT2D eigenvalue weighted by atomic mass is 9.83. The van der Waals surface area contributed by atoms with Gasteiger partial charge in [-0.25, -0.2) is 18.0 Å². The highest BCUT2D eigenvalue weighted by Crippen LogP contribution is 2.38. The maximum atomic E-state index is 14.2. The molecule has 3 atom stereocenters. The summed E-state index contributed by atoms with van der Waals surface area (Å²) in [4.78, 5) is 29.2. The number of carbonyl (C=O) groups is 2. The van der Waals surface area contributed by atoms with E-state index < -0.39 is 29.7 Å². The third-order valence-corrected chi connectivity index (χ3v) is 9.21. The topological polar surface area (TPSA) is 82.1 Å². The first-order valence-corrected chi connectivity index (χ1v) is 15.1. The van der Waals surface area contributed by atoms with E-state index in [-0.39, 0.29) is 36.2 Å². The zero-order valence-corrected chi connectivity index (χ0v) is 23.8. The van der Waals surface area contributed by atoms with Crippen LogP contribution in [0.2, 0.25) is 0 Å². The van der Waals surface area contributed by atoms with Gasteiger partial charge in [0.1, 0.15) is 18.0 Å². The molecule has 10 heteroatoms. The van der Waals surface area contributed by atoms with Crippen LogP contribution in [0.3, 0.4) is 0 Å². The van der Waals surface area contributed by atoms with Gasteiger partial charge in [0, 0.05) is 45.2 Å².